The average Bonchev–Trinajstić information content (AvgIpc) is 3.31. The molecule has 3 rings (SSSR count). The van der Waals surface area contributed by atoms with Gasteiger partial charge in [0.25, 0.3) is 5.91 Å². The Bertz CT molecular complexity index is 1190. The van der Waals surface area contributed by atoms with Gasteiger partial charge in [-0.1, -0.05) is 35.9 Å². The number of ether oxygens (including phenoxy) is 1. The molecule has 0 bridgehead atoms. The fourth-order valence-corrected chi connectivity index (χ4v) is 3.94. The molecular formula is C22H21ClN2O6S. The van der Waals surface area contributed by atoms with Crippen LogP contribution in [-0.4, -0.2) is 26.4 Å². The number of hydrogen-bond donors (Lipinski definition) is 2. The largest absolute Gasteiger partial charge is 0.468 e. The van der Waals surface area contributed by atoms with Crippen molar-refractivity contribution in [2.75, 3.05) is 0 Å². The molecule has 3 aromatic rings. The van der Waals surface area contributed by atoms with E-state index in [2.05, 4.69) is 10.0 Å². The van der Waals surface area contributed by atoms with E-state index < -0.39 is 28.0 Å². The van der Waals surface area contributed by atoms with E-state index in [0.717, 1.165) is 5.56 Å². The molecule has 0 saturated carbocycles. The van der Waals surface area contributed by atoms with E-state index in [-0.39, 0.29) is 23.5 Å². The van der Waals surface area contributed by atoms with Crippen LogP contribution >= 0.6 is 11.6 Å². The number of carbonyl (C=O) groups excluding carboxylic acids is 2. The summed E-state index contributed by atoms with van der Waals surface area (Å²) in [4.78, 5) is 24.6. The minimum atomic E-state index is -3.89. The molecule has 168 valence electrons. The number of furan rings is 1. The van der Waals surface area contributed by atoms with E-state index in [4.69, 9.17) is 20.8 Å². The van der Waals surface area contributed by atoms with Gasteiger partial charge in [0.05, 0.1) is 23.3 Å². The number of hydrogen-bond acceptors (Lipinski definition) is 6. The summed E-state index contributed by atoms with van der Waals surface area (Å²) < 4.78 is 37.7. The Hall–Kier alpha value is -3.14. The summed E-state index contributed by atoms with van der Waals surface area (Å²) in [5, 5.41) is 3.16. The molecule has 10 heteroatoms. The van der Waals surface area contributed by atoms with Gasteiger partial charge in [0.1, 0.15) is 5.76 Å². The van der Waals surface area contributed by atoms with Gasteiger partial charge in [0, 0.05) is 11.6 Å². The fraction of sp³-hybridized carbons (Fsp3) is 0.182. The van der Waals surface area contributed by atoms with Crippen molar-refractivity contribution in [2.24, 2.45) is 0 Å². The van der Waals surface area contributed by atoms with E-state index in [1.54, 1.807) is 36.4 Å². The quantitative estimate of drug-likeness (QED) is 0.458. The van der Waals surface area contributed by atoms with Crippen LogP contribution in [0.2, 0.25) is 5.02 Å². The minimum Gasteiger partial charge on any atom is -0.468 e. The summed E-state index contributed by atoms with van der Waals surface area (Å²) in [7, 11) is -3.89. The SMILES string of the molecule is CC(OC(=O)c1cccc(S(=O)(=O)NCc2ccco2)c1)C(=O)NCc1ccccc1Cl. The lowest BCUT2D eigenvalue weighted by molar-refractivity contribution is -0.129. The lowest BCUT2D eigenvalue weighted by atomic mass is 10.2. The Labute approximate surface area is 190 Å². The average molecular weight is 477 g/mol. The normalized spacial score (nSPS) is 12.2. The molecule has 1 unspecified atom stereocenters. The second-order valence-electron chi connectivity index (χ2n) is 6.79. The lowest BCUT2D eigenvalue weighted by Crippen LogP contribution is -2.35. The topological polar surface area (TPSA) is 115 Å². The van der Waals surface area contributed by atoms with Crippen LogP contribution in [0.4, 0.5) is 0 Å². The second kappa shape index (κ2) is 10.4. The van der Waals surface area contributed by atoms with Gasteiger partial charge in [0.15, 0.2) is 6.10 Å². The molecule has 0 aliphatic heterocycles. The van der Waals surface area contributed by atoms with Gasteiger partial charge in [-0.15, -0.1) is 0 Å². The number of esters is 1. The zero-order valence-corrected chi connectivity index (χ0v) is 18.7. The van der Waals surface area contributed by atoms with Gasteiger partial charge in [-0.2, -0.15) is 0 Å². The number of sulfonamides is 1. The van der Waals surface area contributed by atoms with Crippen LogP contribution in [0.15, 0.2) is 76.2 Å². The molecule has 0 spiro atoms. The van der Waals surface area contributed by atoms with E-state index in [1.807, 2.05) is 0 Å². The first-order valence-electron chi connectivity index (χ1n) is 9.60. The Morgan fingerprint density at radius 2 is 1.84 bits per heavy atom. The van der Waals surface area contributed by atoms with Gasteiger partial charge in [-0.3, -0.25) is 4.79 Å². The van der Waals surface area contributed by atoms with Crippen molar-refractivity contribution in [3.63, 3.8) is 0 Å². The highest BCUT2D eigenvalue weighted by Crippen LogP contribution is 2.16. The zero-order chi connectivity index (χ0) is 23.1. The highest BCUT2D eigenvalue weighted by molar-refractivity contribution is 7.89. The maximum atomic E-state index is 12.5. The molecule has 1 heterocycles. The van der Waals surface area contributed by atoms with Crippen molar-refractivity contribution in [2.45, 2.75) is 31.0 Å². The summed E-state index contributed by atoms with van der Waals surface area (Å²) in [5.74, 6) is -0.892. The Balaban J connectivity index is 1.59. The first kappa shape index (κ1) is 23.5. The predicted octanol–water partition coefficient (Wildman–Crippen LogP) is 3.27. The number of amides is 1. The second-order valence-corrected chi connectivity index (χ2v) is 8.96. The number of nitrogens with one attached hydrogen (secondary N) is 2. The van der Waals surface area contributed by atoms with Crippen LogP contribution in [0.1, 0.15) is 28.6 Å². The van der Waals surface area contributed by atoms with E-state index in [1.165, 1.54) is 37.5 Å². The maximum Gasteiger partial charge on any atom is 0.338 e. The van der Waals surface area contributed by atoms with Crippen molar-refractivity contribution >= 4 is 33.5 Å². The number of benzene rings is 2. The van der Waals surface area contributed by atoms with E-state index in [9.17, 15) is 18.0 Å². The molecular weight excluding hydrogens is 456 g/mol. The zero-order valence-electron chi connectivity index (χ0n) is 17.1. The molecule has 2 aromatic carbocycles. The van der Waals surface area contributed by atoms with Crippen LogP contribution in [0, 0.1) is 0 Å². The summed E-state index contributed by atoms with van der Waals surface area (Å²) in [6.07, 6.45) is 0.341. The number of halogens is 1. The summed E-state index contributed by atoms with van der Waals surface area (Å²) >= 11 is 6.06. The standard InChI is InChI=1S/C22H21ClN2O6S/c1-15(21(26)24-13-17-6-2-3-10-20(17)23)31-22(27)16-7-4-9-19(12-16)32(28,29)25-14-18-8-5-11-30-18/h2-12,15,25H,13-14H2,1H3,(H,24,26). The van der Waals surface area contributed by atoms with Crippen molar-refractivity contribution in [3.8, 4) is 0 Å². The monoisotopic (exact) mass is 476 g/mol. The first-order valence-corrected chi connectivity index (χ1v) is 11.5. The predicted molar refractivity (Wildman–Crippen MR) is 117 cm³/mol. The van der Waals surface area contributed by atoms with Crippen molar-refractivity contribution in [1.29, 1.82) is 0 Å². The molecule has 0 fully saturated rings. The number of rotatable bonds is 9. The molecule has 0 radical (unpaired) electrons. The van der Waals surface area contributed by atoms with Gasteiger partial charge in [0.2, 0.25) is 10.0 Å². The molecule has 2 N–H and O–H groups in total. The van der Waals surface area contributed by atoms with Gasteiger partial charge in [-0.05, 0) is 48.9 Å². The molecule has 8 nitrogen and oxygen atoms in total. The van der Waals surface area contributed by atoms with E-state index >= 15 is 0 Å². The fourth-order valence-electron chi connectivity index (χ4n) is 2.70. The summed E-state index contributed by atoms with van der Waals surface area (Å²) in [6.45, 7) is 1.56. The van der Waals surface area contributed by atoms with Crippen LogP contribution in [0.25, 0.3) is 0 Å². The van der Waals surface area contributed by atoms with Crippen LogP contribution in [-0.2, 0) is 32.6 Å². The highest BCUT2D eigenvalue weighted by Gasteiger charge is 2.21. The summed E-state index contributed by atoms with van der Waals surface area (Å²) in [5.41, 5.74) is 0.720. The minimum absolute atomic E-state index is 0.00312. The van der Waals surface area contributed by atoms with Crippen molar-refractivity contribution in [3.05, 3.63) is 88.8 Å². The lowest BCUT2D eigenvalue weighted by Gasteiger charge is -2.14. The molecule has 32 heavy (non-hydrogen) atoms. The third-order valence-electron chi connectivity index (χ3n) is 4.46. The Morgan fingerprint density at radius 3 is 2.56 bits per heavy atom. The van der Waals surface area contributed by atoms with Gasteiger partial charge in [-0.25, -0.2) is 17.9 Å². The van der Waals surface area contributed by atoms with Gasteiger partial charge < -0.3 is 14.5 Å². The molecule has 0 aliphatic carbocycles. The van der Waals surface area contributed by atoms with Crippen LogP contribution < -0.4 is 10.0 Å². The van der Waals surface area contributed by atoms with Crippen LogP contribution in [0.5, 0.6) is 0 Å². The first-order chi connectivity index (χ1) is 15.3. The molecule has 1 amide bonds. The maximum absolute atomic E-state index is 12.5. The highest BCUT2D eigenvalue weighted by atomic mass is 35.5. The third-order valence-corrected chi connectivity index (χ3v) is 6.23. The Morgan fingerprint density at radius 1 is 1.06 bits per heavy atom. The number of carbonyl (C=O) groups is 2. The smallest absolute Gasteiger partial charge is 0.338 e. The van der Waals surface area contributed by atoms with Crippen molar-refractivity contribution < 1.29 is 27.2 Å². The van der Waals surface area contributed by atoms with Gasteiger partial charge >= 0.3 is 5.97 Å². The molecule has 1 aromatic heterocycles. The van der Waals surface area contributed by atoms with E-state index in [0.29, 0.717) is 10.8 Å². The molecule has 0 aliphatic rings. The van der Waals surface area contributed by atoms with Crippen LogP contribution in [0.3, 0.4) is 0 Å². The summed E-state index contributed by atoms with van der Waals surface area (Å²) in [6, 6.07) is 15.7. The molecule has 1 atom stereocenters. The van der Waals surface area contributed by atoms with Crippen molar-refractivity contribution in [1.82, 2.24) is 10.0 Å². The third kappa shape index (κ3) is 6.19. The Kier molecular flexibility index (Phi) is 7.68. The molecule has 0 saturated heterocycles.